The fourth-order valence-electron chi connectivity index (χ4n) is 3.01. The van der Waals surface area contributed by atoms with Crippen molar-refractivity contribution in [2.24, 2.45) is 0 Å². The summed E-state index contributed by atoms with van der Waals surface area (Å²) in [6.07, 6.45) is 0.0449. The van der Waals surface area contributed by atoms with Crippen molar-refractivity contribution in [3.8, 4) is 5.75 Å². The molecular formula is C20H23FN2O2. The van der Waals surface area contributed by atoms with Gasteiger partial charge >= 0.3 is 0 Å². The maximum Gasteiger partial charge on any atom is 0.263 e. The highest BCUT2D eigenvalue weighted by Crippen LogP contribution is 2.18. The topological polar surface area (TPSA) is 32.8 Å². The van der Waals surface area contributed by atoms with Gasteiger partial charge in [0.1, 0.15) is 11.6 Å². The Balaban J connectivity index is 1.57. The Kier molecular flexibility index (Phi) is 5.53. The number of halogens is 1. The summed E-state index contributed by atoms with van der Waals surface area (Å²) >= 11 is 0. The summed E-state index contributed by atoms with van der Waals surface area (Å²) in [5.74, 6) is 0.202. The van der Waals surface area contributed by atoms with Gasteiger partial charge in [-0.15, -0.1) is 0 Å². The average molecular weight is 342 g/mol. The Morgan fingerprint density at radius 3 is 2.28 bits per heavy atom. The van der Waals surface area contributed by atoms with Crippen LogP contribution in [0.3, 0.4) is 0 Å². The molecule has 1 amide bonds. The lowest BCUT2D eigenvalue weighted by molar-refractivity contribution is -0.139. The lowest BCUT2D eigenvalue weighted by Crippen LogP contribution is -2.52. The highest BCUT2D eigenvalue weighted by Gasteiger charge is 2.27. The van der Waals surface area contributed by atoms with Gasteiger partial charge in [-0.05, 0) is 42.8 Å². The number of hydrogen-bond acceptors (Lipinski definition) is 3. The van der Waals surface area contributed by atoms with Crippen molar-refractivity contribution in [3.63, 3.8) is 0 Å². The van der Waals surface area contributed by atoms with Gasteiger partial charge in [0, 0.05) is 31.9 Å². The molecule has 5 heteroatoms. The summed E-state index contributed by atoms with van der Waals surface area (Å²) in [5.41, 5.74) is 1.18. The number of ether oxygens (including phenoxy) is 1. The molecule has 1 atom stereocenters. The Morgan fingerprint density at radius 2 is 1.68 bits per heavy atom. The fourth-order valence-corrected chi connectivity index (χ4v) is 3.01. The summed E-state index contributed by atoms with van der Waals surface area (Å²) in [4.78, 5) is 16.9. The predicted molar refractivity (Wildman–Crippen MR) is 96.3 cm³/mol. The molecule has 25 heavy (non-hydrogen) atoms. The summed E-state index contributed by atoms with van der Waals surface area (Å²) in [5, 5.41) is 0. The lowest BCUT2D eigenvalue weighted by Gasteiger charge is -2.37. The Bertz CT molecular complexity index is 683. The van der Waals surface area contributed by atoms with Crippen LogP contribution in [0.15, 0.2) is 54.6 Å². The van der Waals surface area contributed by atoms with Crippen molar-refractivity contribution in [1.29, 1.82) is 0 Å². The van der Waals surface area contributed by atoms with E-state index in [4.69, 9.17) is 4.74 Å². The quantitative estimate of drug-likeness (QED) is 0.835. The molecule has 1 fully saturated rings. The molecular weight excluding hydrogens is 319 g/mol. The molecule has 0 N–H and O–H groups in total. The zero-order valence-electron chi connectivity index (χ0n) is 14.4. The van der Waals surface area contributed by atoms with E-state index in [1.165, 1.54) is 17.8 Å². The molecule has 1 saturated heterocycles. The minimum absolute atomic E-state index is 0.000429. The van der Waals surface area contributed by atoms with E-state index in [2.05, 4.69) is 17.0 Å². The molecule has 0 saturated carbocycles. The van der Waals surface area contributed by atoms with E-state index in [-0.39, 0.29) is 11.7 Å². The standard InChI is InChI=1S/C20H23FN2O2/c1-2-19(25-18-10-8-16(21)9-11-18)20(24)23-14-12-22(13-15-23)17-6-4-3-5-7-17/h3-11,19H,2,12-15H2,1H3. The van der Waals surface area contributed by atoms with Crippen molar-refractivity contribution in [2.45, 2.75) is 19.4 Å². The zero-order valence-corrected chi connectivity index (χ0v) is 14.4. The van der Waals surface area contributed by atoms with Gasteiger partial charge in [0.25, 0.3) is 5.91 Å². The van der Waals surface area contributed by atoms with Crippen LogP contribution in [0.2, 0.25) is 0 Å². The van der Waals surface area contributed by atoms with Gasteiger partial charge in [0.2, 0.25) is 0 Å². The maximum absolute atomic E-state index is 13.0. The molecule has 0 radical (unpaired) electrons. The Morgan fingerprint density at radius 1 is 1.04 bits per heavy atom. The molecule has 1 unspecified atom stereocenters. The van der Waals surface area contributed by atoms with Crippen molar-refractivity contribution in [2.75, 3.05) is 31.1 Å². The monoisotopic (exact) mass is 342 g/mol. The third-order valence-corrected chi connectivity index (χ3v) is 4.45. The highest BCUT2D eigenvalue weighted by atomic mass is 19.1. The molecule has 0 aliphatic carbocycles. The van der Waals surface area contributed by atoms with Crippen molar-refractivity contribution < 1.29 is 13.9 Å². The molecule has 0 aromatic heterocycles. The Labute approximate surface area is 147 Å². The van der Waals surface area contributed by atoms with Gasteiger partial charge < -0.3 is 14.5 Å². The second kappa shape index (κ2) is 8.01. The van der Waals surface area contributed by atoms with Crippen LogP contribution >= 0.6 is 0 Å². The molecule has 1 aliphatic heterocycles. The third kappa shape index (κ3) is 4.29. The van der Waals surface area contributed by atoms with Crippen LogP contribution in [0.4, 0.5) is 10.1 Å². The molecule has 3 rings (SSSR count). The van der Waals surface area contributed by atoms with Crippen LogP contribution in [0.5, 0.6) is 5.75 Å². The van der Waals surface area contributed by atoms with Gasteiger partial charge in [-0.25, -0.2) is 4.39 Å². The van der Waals surface area contributed by atoms with Gasteiger partial charge in [-0.2, -0.15) is 0 Å². The first-order chi connectivity index (χ1) is 12.2. The molecule has 132 valence electrons. The van der Waals surface area contributed by atoms with Crippen LogP contribution < -0.4 is 9.64 Å². The fraction of sp³-hybridized carbons (Fsp3) is 0.350. The number of para-hydroxylation sites is 1. The molecule has 4 nitrogen and oxygen atoms in total. The number of benzene rings is 2. The number of carbonyl (C=O) groups excluding carboxylic acids is 1. The van der Waals surface area contributed by atoms with E-state index >= 15 is 0 Å². The second-order valence-corrected chi connectivity index (χ2v) is 6.12. The number of hydrogen-bond donors (Lipinski definition) is 0. The van der Waals surface area contributed by atoms with Crippen molar-refractivity contribution in [3.05, 3.63) is 60.4 Å². The first-order valence-electron chi connectivity index (χ1n) is 8.68. The molecule has 1 aliphatic rings. The van der Waals surface area contributed by atoms with Crippen molar-refractivity contribution >= 4 is 11.6 Å². The summed E-state index contributed by atoms with van der Waals surface area (Å²) < 4.78 is 18.8. The van der Waals surface area contributed by atoms with Gasteiger partial charge in [-0.1, -0.05) is 25.1 Å². The van der Waals surface area contributed by atoms with E-state index in [0.29, 0.717) is 25.3 Å². The van der Waals surface area contributed by atoms with Crippen molar-refractivity contribution in [1.82, 2.24) is 4.90 Å². The average Bonchev–Trinajstić information content (AvgIpc) is 2.68. The predicted octanol–water partition coefficient (Wildman–Crippen LogP) is 3.33. The smallest absolute Gasteiger partial charge is 0.263 e. The van der Waals surface area contributed by atoms with Crippen LogP contribution in [-0.2, 0) is 4.79 Å². The molecule has 1 heterocycles. The van der Waals surface area contributed by atoms with E-state index in [1.807, 2.05) is 30.0 Å². The molecule has 0 bridgehead atoms. The summed E-state index contributed by atoms with van der Waals surface area (Å²) in [7, 11) is 0. The van der Waals surface area contributed by atoms with Gasteiger partial charge in [-0.3, -0.25) is 4.79 Å². The number of amides is 1. The highest BCUT2D eigenvalue weighted by molar-refractivity contribution is 5.81. The summed E-state index contributed by atoms with van der Waals surface area (Å²) in [6.45, 7) is 4.89. The summed E-state index contributed by atoms with van der Waals surface area (Å²) in [6, 6.07) is 16.0. The number of nitrogens with zero attached hydrogens (tertiary/aromatic N) is 2. The molecule has 2 aromatic carbocycles. The maximum atomic E-state index is 13.0. The molecule has 2 aromatic rings. The molecule has 0 spiro atoms. The third-order valence-electron chi connectivity index (χ3n) is 4.45. The number of carbonyl (C=O) groups is 1. The van der Waals surface area contributed by atoms with Crippen LogP contribution in [0, 0.1) is 5.82 Å². The minimum Gasteiger partial charge on any atom is -0.481 e. The van der Waals surface area contributed by atoms with E-state index in [1.54, 1.807) is 12.1 Å². The first-order valence-corrected chi connectivity index (χ1v) is 8.68. The van der Waals surface area contributed by atoms with Crippen LogP contribution in [-0.4, -0.2) is 43.1 Å². The van der Waals surface area contributed by atoms with Gasteiger partial charge in [0.15, 0.2) is 6.10 Å². The first kappa shape index (κ1) is 17.3. The van der Waals surface area contributed by atoms with E-state index < -0.39 is 6.10 Å². The number of piperazine rings is 1. The van der Waals surface area contributed by atoms with Gasteiger partial charge in [0.05, 0.1) is 0 Å². The number of anilines is 1. The van der Waals surface area contributed by atoms with Crippen LogP contribution in [0.25, 0.3) is 0 Å². The lowest BCUT2D eigenvalue weighted by atomic mass is 10.2. The normalized spacial score (nSPS) is 15.8. The largest absolute Gasteiger partial charge is 0.481 e. The second-order valence-electron chi connectivity index (χ2n) is 6.12. The van der Waals surface area contributed by atoms with E-state index in [9.17, 15) is 9.18 Å². The number of rotatable bonds is 5. The Hall–Kier alpha value is -2.56. The minimum atomic E-state index is -0.534. The van der Waals surface area contributed by atoms with E-state index in [0.717, 1.165) is 13.1 Å². The SMILES string of the molecule is CCC(Oc1ccc(F)cc1)C(=O)N1CCN(c2ccccc2)CC1. The zero-order chi connectivity index (χ0) is 17.6. The van der Waals surface area contributed by atoms with Crippen LogP contribution in [0.1, 0.15) is 13.3 Å².